The van der Waals surface area contributed by atoms with E-state index in [1.807, 2.05) is 23.9 Å². The van der Waals surface area contributed by atoms with E-state index in [9.17, 15) is 4.79 Å². The minimum Gasteiger partial charge on any atom is -0.482 e. The number of hydrogen-bond donors (Lipinski definition) is 1. The molecule has 2 aromatic rings. The fraction of sp³-hybridized carbons (Fsp3) is 0.389. The maximum absolute atomic E-state index is 12.2. The molecule has 0 saturated carbocycles. The first kappa shape index (κ1) is 19.4. The molecule has 1 atom stereocenters. The highest BCUT2D eigenvalue weighted by Gasteiger charge is 2.25. The number of carbonyl (C=O) groups excluding carboxylic acids is 1. The Morgan fingerprint density at radius 3 is 2.81 bits per heavy atom. The lowest BCUT2D eigenvalue weighted by molar-refractivity contribution is -0.123. The van der Waals surface area contributed by atoms with E-state index in [0.29, 0.717) is 22.3 Å². The van der Waals surface area contributed by atoms with Gasteiger partial charge in [0.05, 0.1) is 17.3 Å². The van der Waals surface area contributed by atoms with Crippen molar-refractivity contribution in [3.05, 3.63) is 52.4 Å². The van der Waals surface area contributed by atoms with E-state index in [1.165, 1.54) is 0 Å². The molecule has 3 rings (SSSR count). The molecule has 1 N–H and O–H groups in total. The molecule has 1 aromatic carbocycles. The highest BCUT2D eigenvalue weighted by molar-refractivity contribution is 7.99. The van der Waals surface area contributed by atoms with Crippen molar-refractivity contribution in [1.29, 1.82) is 0 Å². The van der Waals surface area contributed by atoms with Crippen molar-refractivity contribution in [1.82, 2.24) is 10.2 Å². The first-order valence-electron chi connectivity index (χ1n) is 8.33. The average Bonchev–Trinajstić information content (AvgIpc) is 3.16. The summed E-state index contributed by atoms with van der Waals surface area (Å²) >= 11 is 13.8. The van der Waals surface area contributed by atoms with Crippen LogP contribution in [0.1, 0.15) is 11.8 Å². The quantitative estimate of drug-likeness (QED) is 0.744. The average molecular weight is 415 g/mol. The molecule has 0 aliphatic carbocycles. The van der Waals surface area contributed by atoms with Crippen molar-refractivity contribution >= 4 is 40.9 Å². The molecule has 0 bridgehead atoms. The molecule has 1 aliphatic rings. The fourth-order valence-electron chi connectivity index (χ4n) is 2.78. The minimum atomic E-state index is -0.209. The van der Waals surface area contributed by atoms with Crippen LogP contribution < -0.4 is 10.1 Å². The lowest BCUT2D eigenvalue weighted by Gasteiger charge is -2.33. The van der Waals surface area contributed by atoms with Gasteiger partial charge in [-0.1, -0.05) is 23.2 Å². The number of halogens is 2. The number of ether oxygens (including phenoxy) is 1. The van der Waals surface area contributed by atoms with Crippen LogP contribution in [0.5, 0.6) is 5.75 Å². The number of benzene rings is 1. The Labute approximate surface area is 167 Å². The van der Waals surface area contributed by atoms with Crippen LogP contribution in [0.3, 0.4) is 0 Å². The van der Waals surface area contributed by atoms with Gasteiger partial charge in [0.15, 0.2) is 6.61 Å². The van der Waals surface area contributed by atoms with Crippen LogP contribution in [0, 0.1) is 0 Å². The van der Waals surface area contributed by atoms with Gasteiger partial charge in [0.1, 0.15) is 11.5 Å². The largest absolute Gasteiger partial charge is 0.482 e. The van der Waals surface area contributed by atoms with E-state index in [0.717, 1.165) is 30.4 Å². The highest BCUT2D eigenvalue weighted by Crippen LogP contribution is 2.27. The van der Waals surface area contributed by atoms with E-state index in [2.05, 4.69) is 10.2 Å². The molecule has 1 aliphatic heterocycles. The third kappa shape index (κ3) is 5.33. The van der Waals surface area contributed by atoms with Crippen LogP contribution >= 0.6 is 35.0 Å². The Kier molecular flexibility index (Phi) is 7.14. The molecule has 0 unspecified atom stereocenters. The molecule has 140 valence electrons. The monoisotopic (exact) mass is 414 g/mol. The van der Waals surface area contributed by atoms with Crippen molar-refractivity contribution in [2.75, 3.05) is 37.7 Å². The summed E-state index contributed by atoms with van der Waals surface area (Å²) in [5.74, 6) is 3.26. The molecule has 8 heteroatoms. The lowest BCUT2D eigenvalue weighted by Crippen LogP contribution is -2.42. The van der Waals surface area contributed by atoms with Gasteiger partial charge in [0.2, 0.25) is 0 Å². The third-order valence-electron chi connectivity index (χ3n) is 4.10. The van der Waals surface area contributed by atoms with E-state index in [-0.39, 0.29) is 18.6 Å². The summed E-state index contributed by atoms with van der Waals surface area (Å²) in [6, 6.07) is 8.74. The zero-order chi connectivity index (χ0) is 18.4. The van der Waals surface area contributed by atoms with E-state index >= 15 is 0 Å². The second kappa shape index (κ2) is 9.55. The molecule has 5 nitrogen and oxygen atoms in total. The Morgan fingerprint density at radius 1 is 1.31 bits per heavy atom. The number of amides is 1. The van der Waals surface area contributed by atoms with Crippen molar-refractivity contribution in [3.63, 3.8) is 0 Å². The van der Waals surface area contributed by atoms with Gasteiger partial charge in [0.25, 0.3) is 5.91 Å². The predicted octanol–water partition coefficient (Wildman–Crippen LogP) is 3.87. The molecule has 1 fully saturated rings. The van der Waals surface area contributed by atoms with Crippen LogP contribution in [-0.4, -0.2) is 48.6 Å². The standard InChI is InChI=1S/C18H20Cl2N2O3S/c19-13-3-4-16(14(20)10-13)25-12-18(23)21-11-15(17-2-1-7-24-17)22-5-8-26-9-6-22/h1-4,7,10,15H,5-6,8-9,11-12H2,(H,21,23)/t15-/m0/s1. The number of rotatable bonds is 7. The summed E-state index contributed by atoms with van der Waals surface area (Å²) < 4.78 is 11.1. The SMILES string of the molecule is O=C(COc1ccc(Cl)cc1Cl)NC[C@@H](c1ccco1)N1CCSCC1. The molecule has 0 radical (unpaired) electrons. The van der Waals surface area contributed by atoms with E-state index in [4.69, 9.17) is 32.4 Å². The summed E-state index contributed by atoms with van der Waals surface area (Å²) in [6.07, 6.45) is 1.66. The number of furan rings is 1. The van der Waals surface area contributed by atoms with Gasteiger partial charge in [-0.25, -0.2) is 0 Å². The molecule has 1 aromatic heterocycles. The number of nitrogens with one attached hydrogen (secondary N) is 1. The molecule has 0 spiro atoms. The summed E-state index contributed by atoms with van der Waals surface area (Å²) in [6.45, 7) is 2.31. The van der Waals surface area contributed by atoms with Crippen molar-refractivity contribution in [2.45, 2.75) is 6.04 Å². The van der Waals surface area contributed by atoms with E-state index in [1.54, 1.807) is 24.5 Å². The Balaban J connectivity index is 1.53. The van der Waals surface area contributed by atoms with Crippen molar-refractivity contribution in [2.24, 2.45) is 0 Å². The van der Waals surface area contributed by atoms with Crippen molar-refractivity contribution in [3.8, 4) is 5.75 Å². The molecular formula is C18H20Cl2N2O3S. The molecular weight excluding hydrogens is 395 g/mol. The van der Waals surface area contributed by atoms with Gasteiger partial charge in [-0.3, -0.25) is 9.69 Å². The predicted molar refractivity (Wildman–Crippen MR) is 105 cm³/mol. The zero-order valence-electron chi connectivity index (χ0n) is 14.1. The molecule has 1 saturated heterocycles. The topological polar surface area (TPSA) is 54.7 Å². The van der Waals surface area contributed by atoms with Crippen LogP contribution in [-0.2, 0) is 4.79 Å². The zero-order valence-corrected chi connectivity index (χ0v) is 16.4. The Morgan fingerprint density at radius 2 is 2.12 bits per heavy atom. The maximum Gasteiger partial charge on any atom is 0.258 e. The Bertz CT molecular complexity index is 721. The number of hydrogen-bond acceptors (Lipinski definition) is 5. The van der Waals surface area contributed by atoms with Gasteiger partial charge in [-0.2, -0.15) is 11.8 Å². The van der Waals surface area contributed by atoms with Crippen LogP contribution in [0.15, 0.2) is 41.0 Å². The fourth-order valence-corrected chi connectivity index (χ4v) is 4.17. The first-order valence-corrected chi connectivity index (χ1v) is 10.2. The van der Waals surface area contributed by atoms with Gasteiger partial charge in [-0.15, -0.1) is 0 Å². The summed E-state index contributed by atoms with van der Waals surface area (Å²) in [4.78, 5) is 14.5. The summed E-state index contributed by atoms with van der Waals surface area (Å²) in [5, 5.41) is 3.83. The van der Waals surface area contributed by atoms with Crippen LogP contribution in [0.2, 0.25) is 10.0 Å². The van der Waals surface area contributed by atoms with Crippen molar-refractivity contribution < 1.29 is 13.9 Å². The Hall–Kier alpha value is -1.34. The summed E-state index contributed by atoms with van der Waals surface area (Å²) in [5.41, 5.74) is 0. The molecule has 1 amide bonds. The smallest absolute Gasteiger partial charge is 0.258 e. The second-order valence-electron chi connectivity index (χ2n) is 5.85. The van der Waals surface area contributed by atoms with Crippen LogP contribution in [0.4, 0.5) is 0 Å². The number of thioether (sulfide) groups is 1. The number of carbonyl (C=O) groups is 1. The van der Waals surface area contributed by atoms with Gasteiger partial charge < -0.3 is 14.5 Å². The molecule has 26 heavy (non-hydrogen) atoms. The minimum absolute atomic E-state index is 0.0222. The van der Waals surface area contributed by atoms with Gasteiger partial charge in [0, 0.05) is 36.2 Å². The summed E-state index contributed by atoms with van der Waals surface area (Å²) in [7, 11) is 0. The second-order valence-corrected chi connectivity index (χ2v) is 7.92. The normalized spacial score (nSPS) is 16.2. The maximum atomic E-state index is 12.2. The van der Waals surface area contributed by atoms with Gasteiger partial charge >= 0.3 is 0 Å². The van der Waals surface area contributed by atoms with Crippen LogP contribution in [0.25, 0.3) is 0 Å². The highest BCUT2D eigenvalue weighted by atomic mass is 35.5. The molecule has 2 heterocycles. The number of nitrogens with zero attached hydrogens (tertiary/aromatic N) is 1. The first-order chi connectivity index (χ1) is 12.6. The van der Waals surface area contributed by atoms with E-state index < -0.39 is 0 Å². The lowest BCUT2D eigenvalue weighted by atomic mass is 10.2. The van der Waals surface area contributed by atoms with Gasteiger partial charge in [-0.05, 0) is 30.3 Å². The third-order valence-corrected chi connectivity index (χ3v) is 5.58.